The Morgan fingerprint density at radius 2 is 2.03 bits per heavy atom. The highest BCUT2D eigenvalue weighted by atomic mass is 35.5. The van der Waals surface area contributed by atoms with Crippen molar-refractivity contribution in [3.8, 4) is 0 Å². The minimum absolute atomic E-state index is 0.179. The van der Waals surface area contributed by atoms with Crippen LogP contribution in [0.15, 0.2) is 30.7 Å². The smallest absolute Gasteiger partial charge is 0.302 e. The molecular formula is C21H18ClF3N6OS. The molecule has 0 radical (unpaired) electrons. The van der Waals surface area contributed by atoms with Crippen molar-refractivity contribution in [1.29, 1.82) is 0 Å². The average molecular weight is 495 g/mol. The summed E-state index contributed by atoms with van der Waals surface area (Å²) in [5, 5.41) is 7.49. The third kappa shape index (κ3) is 5.14. The lowest BCUT2D eigenvalue weighted by molar-refractivity contribution is -0.137. The molecule has 33 heavy (non-hydrogen) atoms. The molecule has 0 fully saturated rings. The van der Waals surface area contributed by atoms with Crippen molar-refractivity contribution in [2.24, 2.45) is 0 Å². The molecule has 0 atom stereocenters. The first-order valence-electron chi connectivity index (χ1n) is 9.88. The fraction of sp³-hybridized carbons (Fsp3) is 0.286. The van der Waals surface area contributed by atoms with E-state index in [0.717, 1.165) is 29.1 Å². The lowest BCUT2D eigenvalue weighted by Gasteiger charge is -2.10. The second kappa shape index (κ2) is 9.06. The fourth-order valence-corrected chi connectivity index (χ4v) is 4.49. The largest absolute Gasteiger partial charge is 0.416 e. The van der Waals surface area contributed by atoms with Gasteiger partial charge in [0.05, 0.1) is 5.56 Å². The van der Waals surface area contributed by atoms with E-state index >= 15 is 0 Å². The highest BCUT2D eigenvalue weighted by molar-refractivity contribution is 7.15. The van der Waals surface area contributed by atoms with Gasteiger partial charge in [0.2, 0.25) is 5.91 Å². The Labute approximate surface area is 195 Å². The van der Waals surface area contributed by atoms with Crippen LogP contribution in [0.25, 0.3) is 5.78 Å². The van der Waals surface area contributed by atoms with Gasteiger partial charge in [0, 0.05) is 40.3 Å². The van der Waals surface area contributed by atoms with Gasteiger partial charge in [-0.05, 0) is 49.6 Å². The molecule has 3 aromatic heterocycles. The second-order valence-electron chi connectivity index (χ2n) is 7.39. The Morgan fingerprint density at radius 1 is 1.24 bits per heavy atom. The van der Waals surface area contributed by atoms with Gasteiger partial charge in [-0.1, -0.05) is 11.6 Å². The predicted molar refractivity (Wildman–Crippen MR) is 119 cm³/mol. The zero-order valence-corrected chi connectivity index (χ0v) is 19.1. The number of halogens is 4. The van der Waals surface area contributed by atoms with Crippen LogP contribution in [-0.2, 0) is 23.8 Å². The third-order valence-corrected chi connectivity index (χ3v) is 6.41. The zero-order chi connectivity index (χ0) is 23.8. The summed E-state index contributed by atoms with van der Waals surface area (Å²) in [5.41, 5.74) is 2.16. The molecule has 4 aromatic rings. The summed E-state index contributed by atoms with van der Waals surface area (Å²) < 4.78 is 40.6. The molecule has 1 aromatic carbocycles. The number of alkyl halides is 3. The van der Waals surface area contributed by atoms with Crippen LogP contribution in [0.2, 0.25) is 5.02 Å². The molecule has 0 bridgehead atoms. The number of nitrogens with zero attached hydrogens (tertiary/aromatic N) is 5. The molecule has 0 saturated carbocycles. The molecule has 0 saturated heterocycles. The SMILES string of the molecule is Cc1nc2ncnn2c(C)c1CCC(=O)Nc1ncc(Cc2cc(C(F)(F)F)ccc2Cl)s1. The lowest BCUT2D eigenvalue weighted by atomic mass is 10.1. The number of thiazole rings is 1. The molecular weight excluding hydrogens is 477 g/mol. The molecule has 1 N–H and O–H groups in total. The summed E-state index contributed by atoms with van der Waals surface area (Å²) >= 11 is 7.26. The van der Waals surface area contributed by atoms with Gasteiger partial charge in [-0.15, -0.1) is 11.3 Å². The molecule has 0 aliphatic rings. The molecule has 0 aliphatic heterocycles. The Balaban J connectivity index is 1.40. The van der Waals surface area contributed by atoms with Crippen molar-refractivity contribution in [3.05, 3.63) is 68.7 Å². The minimum Gasteiger partial charge on any atom is -0.302 e. The normalized spacial score (nSPS) is 11.8. The van der Waals surface area contributed by atoms with Crippen molar-refractivity contribution in [2.75, 3.05) is 5.32 Å². The van der Waals surface area contributed by atoms with E-state index < -0.39 is 11.7 Å². The van der Waals surface area contributed by atoms with Gasteiger partial charge in [0.15, 0.2) is 5.13 Å². The quantitative estimate of drug-likeness (QED) is 0.406. The third-order valence-electron chi connectivity index (χ3n) is 5.13. The molecule has 0 aliphatic carbocycles. The van der Waals surface area contributed by atoms with E-state index in [0.29, 0.717) is 27.8 Å². The van der Waals surface area contributed by atoms with Crippen LogP contribution in [-0.4, -0.2) is 30.5 Å². The van der Waals surface area contributed by atoms with Crippen LogP contribution in [0.4, 0.5) is 18.3 Å². The number of hydrogen-bond acceptors (Lipinski definition) is 6. The van der Waals surface area contributed by atoms with E-state index in [9.17, 15) is 18.0 Å². The summed E-state index contributed by atoms with van der Waals surface area (Å²) in [7, 11) is 0. The fourth-order valence-electron chi connectivity index (χ4n) is 3.46. The monoisotopic (exact) mass is 494 g/mol. The van der Waals surface area contributed by atoms with Crippen LogP contribution in [0, 0.1) is 13.8 Å². The van der Waals surface area contributed by atoms with Gasteiger partial charge in [-0.25, -0.2) is 14.5 Å². The molecule has 0 unspecified atom stereocenters. The van der Waals surface area contributed by atoms with Gasteiger partial charge in [0.1, 0.15) is 6.33 Å². The van der Waals surface area contributed by atoms with E-state index in [-0.39, 0.29) is 23.8 Å². The molecule has 172 valence electrons. The number of aromatic nitrogens is 5. The Morgan fingerprint density at radius 3 is 2.79 bits per heavy atom. The Bertz CT molecular complexity index is 1330. The first-order valence-corrected chi connectivity index (χ1v) is 11.1. The summed E-state index contributed by atoms with van der Waals surface area (Å²) in [6.45, 7) is 3.76. The van der Waals surface area contributed by atoms with E-state index in [4.69, 9.17) is 11.6 Å². The maximum atomic E-state index is 13.0. The van der Waals surface area contributed by atoms with Crippen LogP contribution >= 0.6 is 22.9 Å². The molecule has 12 heteroatoms. The van der Waals surface area contributed by atoms with E-state index in [1.807, 2.05) is 13.8 Å². The van der Waals surface area contributed by atoms with E-state index in [1.165, 1.54) is 29.9 Å². The molecule has 7 nitrogen and oxygen atoms in total. The number of benzene rings is 1. The van der Waals surface area contributed by atoms with Crippen molar-refractivity contribution >= 4 is 39.8 Å². The number of fused-ring (bicyclic) bond motifs is 1. The first kappa shape index (κ1) is 23.1. The first-order chi connectivity index (χ1) is 15.6. The Kier molecular flexibility index (Phi) is 6.35. The van der Waals surface area contributed by atoms with Crippen molar-refractivity contribution < 1.29 is 18.0 Å². The number of carbonyl (C=O) groups excluding carboxylic acids is 1. The number of carbonyl (C=O) groups is 1. The number of rotatable bonds is 6. The number of hydrogen-bond donors (Lipinski definition) is 1. The van der Waals surface area contributed by atoms with Crippen LogP contribution in [0.5, 0.6) is 0 Å². The number of amides is 1. The van der Waals surface area contributed by atoms with Gasteiger partial charge in [-0.3, -0.25) is 4.79 Å². The number of anilines is 1. The Hall–Kier alpha value is -3.05. The van der Waals surface area contributed by atoms with Gasteiger partial charge < -0.3 is 5.32 Å². The second-order valence-corrected chi connectivity index (χ2v) is 8.92. The number of aryl methyl sites for hydroxylation is 2. The van der Waals surface area contributed by atoms with Crippen LogP contribution in [0.3, 0.4) is 0 Å². The molecule has 4 rings (SSSR count). The average Bonchev–Trinajstić information content (AvgIpc) is 3.38. The summed E-state index contributed by atoms with van der Waals surface area (Å²) in [6, 6.07) is 3.22. The highest BCUT2D eigenvalue weighted by Gasteiger charge is 2.31. The molecule has 0 spiro atoms. The molecule has 1 amide bonds. The van der Waals surface area contributed by atoms with E-state index in [1.54, 1.807) is 4.52 Å². The summed E-state index contributed by atoms with van der Waals surface area (Å²) in [6.07, 6.45) is -0.650. The van der Waals surface area contributed by atoms with Crippen LogP contribution < -0.4 is 5.32 Å². The highest BCUT2D eigenvalue weighted by Crippen LogP contribution is 2.33. The lowest BCUT2D eigenvalue weighted by Crippen LogP contribution is -2.14. The van der Waals surface area contributed by atoms with Gasteiger partial charge in [-0.2, -0.15) is 23.3 Å². The minimum atomic E-state index is -4.45. The van der Waals surface area contributed by atoms with Gasteiger partial charge >= 0.3 is 6.18 Å². The maximum Gasteiger partial charge on any atom is 0.416 e. The number of nitrogens with one attached hydrogen (secondary N) is 1. The topological polar surface area (TPSA) is 85.1 Å². The summed E-state index contributed by atoms with van der Waals surface area (Å²) in [4.78, 5) is 25.8. The van der Waals surface area contributed by atoms with E-state index in [2.05, 4.69) is 25.4 Å². The van der Waals surface area contributed by atoms with Gasteiger partial charge in [0.25, 0.3) is 5.78 Å². The standard InChI is InChI=1S/C21H18ClF3N6OS/c1-11-16(12(2)31-19(29-11)27-10-28-31)4-6-18(32)30-20-26-9-15(33-20)8-13-7-14(21(23,24)25)3-5-17(13)22/h3,5,7,9-10H,4,6,8H2,1-2H3,(H,26,30,32). The van der Waals surface area contributed by atoms with Crippen LogP contribution in [0.1, 0.15) is 39.4 Å². The van der Waals surface area contributed by atoms with Crippen molar-refractivity contribution in [3.63, 3.8) is 0 Å². The zero-order valence-electron chi connectivity index (χ0n) is 17.6. The summed E-state index contributed by atoms with van der Waals surface area (Å²) in [5.74, 6) is 0.278. The van der Waals surface area contributed by atoms with Crippen molar-refractivity contribution in [2.45, 2.75) is 39.3 Å². The predicted octanol–water partition coefficient (Wildman–Crippen LogP) is 5.03. The molecule has 3 heterocycles. The maximum absolute atomic E-state index is 13.0. The van der Waals surface area contributed by atoms with Crippen molar-refractivity contribution in [1.82, 2.24) is 24.6 Å².